The van der Waals surface area contributed by atoms with Crippen LogP contribution < -0.4 is 0 Å². The minimum Gasteiger partial charge on any atom is -0.478 e. The van der Waals surface area contributed by atoms with Crippen molar-refractivity contribution in [3.8, 4) is 0 Å². The van der Waals surface area contributed by atoms with E-state index in [1.807, 2.05) is 6.92 Å². The zero-order valence-corrected chi connectivity index (χ0v) is 12.0. The normalized spacial score (nSPS) is 41.4. The number of carbonyl (C=O) groups excluding carboxylic acids is 1. The van der Waals surface area contributed by atoms with Crippen molar-refractivity contribution in [2.75, 3.05) is 6.61 Å². The first-order chi connectivity index (χ1) is 9.12. The number of fused-ring (bicyclic) bond motifs is 2. The fraction of sp³-hybridized carbons (Fsp3) is 0.600. The van der Waals surface area contributed by atoms with Crippen LogP contribution in [-0.4, -0.2) is 39.8 Å². The molecule has 0 aromatic heterocycles. The molecule has 5 heteroatoms. The fourth-order valence-electron chi connectivity index (χ4n) is 3.29. The smallest absolute Gasteiger partial charge is 0.328 e. The highest BCUT2D eigenvalue weighted by Crippen LogP contribution is 2.56. The summed E-state index contributed by atoms with van der Waals surface area (Å²) in [6.45, 7) is 5.53. The van der Waals surface area contributed by atoms with E-state index in [9.17, 15) is 14.7 Å². The Labute approximate surface area is 117 Å². The molecule has 0 aromatic rings. The average molecular weight is 280 g/mol. The molecular weight excluding hydrogens is 260 g/mol. The van der Waals surface area contributed by atoms with Gasteiger partial charge in [-0.15, -0.1) is 0 Å². The lowest BCUT2D eigenvalue weighted by Crippen LogP contribution is -2.60. The number of hydrogen-bond acceptors (Lipinski definition) is 4. The summed E-state index contributed by atoms with van der Waals surface area (Å²) in [5.74, 6) is -0.946. The molecule has 2 bridgehead atoms. The van der Waals surface area contributed by atoms with E-state index in [2.05, 4.69) is 0 Å². The van der Waals surface area contributed by atoms with Gasteiger partial charge in [-0.05, 0) is 25.5 Å². The Kier molecular flexibility index (Phi) is 3.38. The largest absolute Gasteiger partial charge is 0.478 e. The maximum absolute atomic E-state index is 11.8. The molecule has 110 valence electrons. The predicted octanol–water partition coefficient (Wildman–Crippen LogP) is 1.46. The number of rotatable bonds is 3. The molecule has 1 aliphatic carbocycles. The SMILES string of the molecule is CC(=C/C(=O)O)/C=C/C1(O)C2(C)COC1(C)CC(=O)C2. The van der Waals surface area contributed by atoms with E-state index in [0.29, 0.717) is 12.2 Å². The Morgan fingerprint density at radius 1 is 1.35 bits per heavy atom. The third kappa shape index (κ3) is 2.11. The van der Waals surface area contributed by atoms with Gasteiger partial charge in [0.25, 0.3) is 0 Å². The average Bonchev–Trinajstić information content (AvgIpc) is 2.43. The summed E-state index contributed by atoms with van der Waals surface area (Å²) in [7, 11) is 0. The van der Waals surface area contributed by atoms with Crippen molar-refractivity contribution in [1.82, 2.24) is 0 Å². The van der Waals surface area contributed by atoms with E-state index in [1.165, 1.54) is 0 Å². The van der Waals surface area contributed by atoms with Crippen LogP contribution in [0, 0.1) is 5.41 Å². The molecule has 2 fully saturated rings. The third-order valence-corrected chi connectivity index (χ3v) is 4.50. The molecule has 0 aromatic carbocycles. The molecule has 5 nitrogen and oxygen atoms in total. The topological polar surface area (TPSA) is 83.8 Å². The molecule has 3 unspecified atom stereocenters. The molecular formula is C15H20O5. The van der Waals surface area contributed by atoms with Gasteiger partial charge in [-0.3, -0.25) is 4.79 Å². The summed E-state index contributed by atoms with van der Waals surface area (Å²) in [5.41, 5.74) is -2.37. The van der Waals surface area contributed by atoms with Crippen LogP contribution in [0.25, 0.3) is 0 Å². The number of ketones is 1. The Balaban J connectivity index is 2.36. The van der Waals surface area contributed by atoms with Gasteiger partial charge in [-0.25, -0.2) is 4.79 Å². The van der Waals surface area contributed by atoms with E-state index in [1.54, 1.807) is 26.0 Å². The van der Waals surface area contributed by atoms with Gasteiger partial charge < -0.3 is 14.9 Å². The molecule has 0 radical (unpaired) electrons. The lowest BCUT2D eigenvalue weighted by Gasteiger charge is -2.47. The number of ether oxygens (including phenoxy) is 1. The number of hydrogen-bond donors (Lipinski definition) is 2. The maximum atomic E-state index is 11.8. The summed E-state index contributed by atoms with van der Waals surface area (Å²) in [5, 5.41) is 19.7. The Morgan fingerprint density at radius 2 is 2.00 bits per heavy atom. The van der Waals surface area contributed by atoms with Gasteiger partial charge in [0.1, 0.15) is 17.0 Å². The number of carboxylic acids is 1. The van der Waals surface area contributed by atoms with E-state index >= 15 is 0 Å². The fourth-order valence-corrected chi connectivity index (χ4v) is 3.29. The molecule has 1 heterocycles. The molecule has 2 N–H and O–H groups in total. The summed E-state index contributed by atoms with van der Waals surface area (Å²) < 4.78 is 5.71. The minimum absolute atomic E-state index is 0.0865. The van der Waals surface area contributed by atoms with Crippen LogP contribution >= 0.6 is 0 Å². The Morgan fingerprint density at radius 3 is 2.55 bits per heavy atom. The summed E-state index contributed by atoms with van der Waals surface area (Å²) in [6.07, 6.45) is 4.67. The number of carbonyl (C=O) groups is 2. The summed E-state index contributed by atoms with van der Waals surface area (Å²) >= 11 is 0. The first kappa shape index (κ1) is 14.9. The lowest BCUT2D eigenvalue weighted by molar-refractivity contribution is -0.151. The van der Waals surface area contributed by atoms with Crippen LogP contribution in [0.2, 0.25) is 0 Å². The van der Waals surface area contributed by atoms with Crippen LogP contribution in [0.1, 0.15) is 33.6 Å². The van der Waals surface area contributed by atoms with Crippen molar-refractivity contribution in [3.05, 3.63) is 23.8 Å². The van der Waals surface area contributed by atoms with Gasteiger partial charge in [0, 0.05) is 24.3 Å². The molecule has 1 saturated carbocycles. The number of aliphatic carboxylic acids is 1. The molecule has 2 rings (SSSR count). The molecule has 1 aliphatic heterocycles. The second kappa shape index (κ2) is 4.53. The summed E-state index contributed by atoms with van der Waals surface area (Å²) in [4.78, 5) is 22.4. The number of Topliss-reactive ketones (excluding diaryl/α,β-unsaturated/α-hetero) is 1. The van der Waals surface area contributed by atoms with Crippen LogP contribution in [-0.2, 0) is 14.3 Å². The summed E-state index contributed by atoms with van der Waals surface area (Å²) in [6, 6.07) is 0. The minimum atomic E-state index is -1.28. The van der Waals surface area contributed by atoms with E-state index in [-0.39, 0.29) is 18.6 Å². The third-order valence-electron chi connectivity index (χ3n) is 4.50. The van der Waals surface area contributed by atoms with Crippen LogP contribution in [0.4, 0.5) is 0 Å². The molecule has 2 aliphatic rings. The van der Waals surface area contributed by atoms with Crippen molar-refractivity contribution >= 4 is 11.8 Å². The van der Waals surface area contributed by atoms with Crippen LogP contribution in [0.5, 0.6) is 0 Å². The lowest BCUT2D eigenvalue weighted by atomic mass is 9.59. The van der Waals surface area contributed by atoms with E-state index < -0.39 is 22.6 Å². The van der Waals surface area contributed by atoms with Crippen molar-refractivity contribution < 1.29 is 24.5 Å². The number of aliphatic hydroxyl groups is 1. The first-order valence-corrected chi connectivity index (χ1v) is 6.60. The van der Waals surface area contributed by atoms with Gasteiger partial charge >= 0.3 is 5.97 Å². The Hall–Kier alpha value is -1.46. The first-order valence-electron chi connectivity index (χ1n) is 6.60. The van der Waals surface area contributed by atoms with Gasteiger partial charge in [-0.2, -0.15) is 0 Å². The monoisotopic (exact) mass is 280 g/mol. The quantitative estimate of drug-likeness (QED) is 0.604. The van der Waals surface area contributed by atoms with Crippen molar-refractivity contribution in [2.24, 2.45) is 5.41 Å². The van der Waals surface area contributed by atoms with Crippen molar-refractivity contribution in [3.63, 3.8) is 0 Å². The molecule has 20 heavy (non-hydrogen) atoms. The van der Waals surface area contributed by atoms with Crippen LogP contribution in [0.3, 0.4) is 0 Å². The predicted molar refractivity (Wildman–Crippen MR) is 72.2 cm³/mol. The Bertz CT molecular complexity index is 496. The second-order valence-corrected chi connectivity index (χ2v) is 6.30. The molecule has 3 atom stereocenters. The van der Waals surface area contributed by atoms with Gasteiger partial charge in [0.05, 0.1) is 6.61 Å². The van der Waals surface area contributed by atoms with Gasteiger partial charge in [0.2, 0.25) is 0 Å². The number of carboxylic acid groups (broad SMARTS) is 1. The zero-order valence-electron chi connectivity index (χ0n) is 12.0. The van der Waals surface area contributed by atoms with E-state index in [0.717, 1.165) is 6.08 Å². The molecule has 0 amide bonds. The molecule has 0 spiro atoms. The van der Waals surface area contributed by atoms with Crippen molar-refractivity contribution in [1.29, 1.82) is 0 Å². The van der Waals surface area contributed by atoms with Gasteiger partial charge in [0.15, 0.2) is 0 Å². The standard InChI is InChI=1S/C15H20O5/c1-10(6-12(17)18)4-5-15(19)13(2)7-11(16)8-14(15,3)20-9-13/h4-6,19H,7-9H2,1-3H3,(H,17,18)/b5-4+,10-6-. The highest BCUT2D eigenvalue weighted by molar-refractivity contribution is 5.83. The van der Waals surface area contributed by atoms with Crippen molar-refractivity contribution in [2.45, 2.75) is 44.8 Å². The highest BCUT2D eigenvalue weighted by atomic mass is 16.5. The van der Waals surface area contributed by atoms with Crippen LogP contribution in [0.15, 0.2) is 23.8 Å². The molecule has 1 saturated heterocycles. The second-order valence-electron chi connectivity index (χ2n) is 6.30. The highest BCUT2D eigenvalue weighted by Gasteiger charge is 2.67. The van der Waals surface area contributed by atoms with E-state index in [4.69, 9.17) is 9.84 Å². The van der Waals surface area contributed by atoms with Gasteiger partial charge in [-0.1, -0.05) is 13.0 Å². The number of allylic oxidation sites excluding steroid dienone is 2. The zero-order chi connectivity index (χ0) is 15.2. The maximum Gasteiger partial charge on any atom is 0.328 e.